The zero-order chi connectivity index (χ0) is 7.40. The third kappa shape index (κ3) is 2.15. The molecule has 2 atom stereocenters. The second-order valence-electron chi connectivity index (χ2n) is 2.65. The summed E-state index contributed by atoms with van der Waals surface area (Å²) in [6, 6.07) is 0.636. The van der Waals surface area contributed by atoms with Gasteiger partial charge in [0, 0.05) is 17.8 Å². The first-order chi connectivity index (χ1) is 4.84. The minimum atomic E-state index is 0.258. The zero-order valence-electron chi connectivity index (χ0n) is 6.34. The molecule has 1 rings (SSSR count). The van der Waals surface area contributed by atoms with E-state index in [2.05, 4.69) is 12.2 Å². The molecule has 1 aliphatic rings. The first-order valence-corrected chi connectivity index (χ1v) is 4.85. The first-order valence-electron chi connectivity index (χ1n) is 3.80. The fraction of sp³-hybridized carbons (Fsp3) is 1.00. The van der Waals surface area contributed by atoms with Crippen molar-refractivity contribution < 1.29 is 5.11 Å². The van der Waals surface area contributed by atoms with Gasteiger partial charge in [0.05, 0.1) is 6.61 Å². The molecule has 0 aromatic rings. The average Bonchev–Trinajstić information content (AvgIpc) is 2.31. The van der Waals surface area contributed by atoms with Crippen LogP contribution in [0.15, 0.2) is 0 Å². The summed E-state index contributed by atoms with van der Waals surface area (Å²) in [6.07, 6.45) is 1.26. The molecule has 2 nitrogen and oxygen atoms in total. The number of hydrogen-bond donors (Lipinski definition) is 2. The molecular formula is C7H15NOS. The monoisotopic (exact) mass is 161 g/mol. The fourth-order valence-corrected chi connectivity index (χ4v) is 2.48. The first kappa shape index (κ1) is 8.37. The lowest BCUT2D eigenvalue weighted by atomic mass is 10.2. The molecule has 3 heteroatoms. The Morgan fingerprint density at radius 1 is 1.70 bits per heavy atom. The van der Waals surface area contributed by atoms with Gasteiger partial charge in [-0.05, 0) is 12.2 Å². The minimum absolute atomic E-state index is 0.258. The second-order valence-corrected chi connectivity index (χ2v) is 4.13. The Balaban J connectivity index is 2.14. The summed E-state index contributed by atoms with van der Waals surface area (Å²) < 4.78 is 0. The molecular weight excluding hydrogens is 146 g/mol. The van der Waals surface area contributed by atoms with Gasteiger partial charge in [-0.2, -0.15) is 11.8 Å². The smallest absolute Gasteiger partial charge is 0.0556 e. The van der Waals surface area contributed by atoms with Crippen LogP contribution < -0.4 is 5.32 Å². The minimum Gasteiger partial charge on any atom is -0.395 e. The SMILES string of the molecule is CC1SCCC1NCCO. The van der Waals surface area contributed by atoms with E-state index in [0.29, 0.717) is 6.04 Å². The third-order valence-corrected chi connectivity index (χ3v) is 3.22. The summed E-state index contributed by atoms with van der Waals surface area (Å²) in [7, 11) is 0. The van der Waals surface area contributed by atoms with E-state index >= 15 is 0 Å². The Bertz CT molecular complexity index is 99.6. The lowest BCUT2D eigenvalue weighted by molar-refractivity contribution is 0.284. The quantitative estimate of drug-likeness (QED) is 0.631. The lowest BCUT2D eigenvalue weighted by Crippen LogP contribution is -2.35. The number of thioether (sulfide) groups is 1. The molecule has 0 aromatic heterocycles. The maximum Gasteiger partial charge on any atom is 0.0556 e. The van der Waals surface area contributed by atoms with Crippen LogP contribution in [0.3, 0.4) is 0 Å². The molecule has 0 aromatic carbocycles. The van der Waals surface area contributed by atoms with E-state index in [-0.39, 0.29) is 6.61 Å². The van der Waals surface area contributed by atoms with Crippen molar-refractivity contribution in [3.05, 3.63) is 0 Å². The standard InChI is InChI=1S/C7H15NOS/c1-6-7(2-5-10-6)8-3-4-9/h6-9H,2-5H2,1H3. The molecule has 0 spiro atoms. The van der Waals surface area contributed by atoms with Crippen molar-refractivity contribution >= 4 is 11.8 Å². The largest absolute Gasteiger partial charge is 0.395 e. The van der Waals surface area contributed by atoms with Crippen molar-refractivity contribution in [2.45, 2.75) is 24.6 Å². The van der Waals surface area contributed by atoms with Gasteiger partial charge in [-0.1, -0.05) is 6.92 Å². The lowest BCUT2D eigenvalue weighted by Gasteiger charge is -2.14. The highest BCUT2D eigenvalue weighted by molar-refractivity contribution is 8.00. The average molecular weight is 161 g/mol. The van der Waals surface area contributed by atoms with Gasteiger partial charge in [0.25, 0.3) is 0 Å². The topological polar surface area (TPSA) is 32.3 Å². The van der Waals surface area contributed by atoms with E-state index in [4.69, 9.17) is 5.11 Å². The van der Waals surface area contributed by atoms with Crippen LogP contribution in [0.25, 0.3) is 0 Å². The summed E-state index contributed by atoms with van der Waals surface area (Å²) in [6.45, 7) is 3.25. The number of nitrogens with one attached hydrogen (secondary N) is 1. The molecule has 0 bridgehead atoms. The van der Waals surface area contributed by atoms with Crippen molar-refractivity contribution in [2.75, 3.05) is 18.9 Å². The van der Waals surface area contributed by atoms with Crippen LogP contribution in [0.4, 0.5) is 0 Å². The van der Waals surface area contributed by atoms with E-state index < -0.39 is 0 Å². The van der Waals surface area contributed by atoms with Crippen LogP contribution in [-0.2, 0) is 0 Å². The van der Waals surface area contributed by atoms with E-state index in [9.17, 15) is 0 Å². The van der Waals surface area contributed by atoms with Crippen LogP contribution >= 0.6 is 11.8 Å². The molecule has 2 N–H and O–H groups in total. The number of hydrogen-bond acceptors (Lipinski definition) is 3. The molecule has 60 valence electrons. The van der Waals surface area contributed by atoms with Crippen molar-refractivity contribution in [1.82, 2.24) is 5.32 Å². The predicted molar refractivity (Wildman–Crippen MR) is 45.4 cm³/mol. The summed E-state index contributed by atoms with van der Waals surface area (Å²) >= 11 is 2.01. The molecule has 0 aliphatic carbocycles. The van der Waals surface area contributed by atoms with Gasteiger partial charge in [-0.15, -0.1) is 0 Å². The molecule has 2 unspecified atom stereocenters. The summed E-state index contributed by atoms with van der Waals surface area (Å²) in [5.74, 6) is 1.27. The van der Waals surface area contributed by atoms with Crippen LogP contribution in [0.1, 0.15) is 13.3 Å². The van der Waals surface area contributed by atoms with Gasteiger partial charge in [0.1, 0.15) is 0 Å². The Labute approximate surface area is 66.4 Å². The van der Waals surface area contributed by atoms with Crippen molar-refractivity contribution in [3.63, 3.8) is 0 Å². The molecule has 0 amide bonds. The Kier molecular flexibility index (Phi) is 3.52. The Morgan fingerprint density at radius 2 is 2.50 bits per heavy atom. The number of aliphatic hydroxyl groups is 1. The van der Waals surface area contributed by atoms with Gasteiger partial charge < -0.3 is 10.4 Å². The Morgan fingerprint density at radius 3 is 3.00 bits per heavy atom. The van der Waals surface area contributed by atoms with E-state index in [1.54, 1.807) is 0 Å². The van der Waals surface area contributed by atoms with E-state index in [1.165, 1.54) is 12.2 Å². The highest BCUT2D eigenvalue weighted by Crippen LogP contribution is 2.25. The van der Waals surface area contributed by atoms with Gasteiger partial charge in [0.15, 0.2) is 0 Å². The maximum absolute atomic E-state index is 8.54. The van der Waals surface area contributed by atoms with Gasteiger partial charge in [0.2, 0.25) is 0 Å². The highest BCUT2D eigenvalue weighted by atomic mass is 32.2. The molecule has 1 fully saturated rings. The molecule has 1 heterocycles. The van der Waals surface area contributed by atoms with Gasteiger partial charge >= 0.3 is 0 Å². The second kappa shape index (κ2) is 4.21. The highest BCUT2D eigenvalue weighted by Gasteiger charge is 2.22. The molecule has 10 heavy (non-hydrogen) atoms. The van der Waals surface area contributed by atoms with E-state index in [0.717, 1.165) is 11.8 Å². The number of aliphatic hydroxyl groups excluding tert-OH is 1. The van der Waals surface area contributed by atoms with Crippen LogP contribution in [-0.4, -0.2) is 35.3 Å². The van der Waals surface area contributed by atoms with Crippen molar-refractivity contribution in [1.29, 1.82) is 0 Å². The van der Waals surface area contributed by atoms with Crippen molar-refractivity contribution in [3.8, 4) is 0 Å². The van der Waals surface area contributed by atoms with Crippen LogP contribution in [0.5, 0.6) is 0 Å². The number of rotatable bonds is 3. The summed E-state index contributed by atoms with van der Waals surface area (Å²) in [5, 5.41) is 12.6. The Hall–Kier alpha value is 0.270. The van der Waals surface area contributed by atoms with Gasteiger partial charge in [-0.3, -0.25) is 0 Å². The molecule has 0 saturated carbocycles. The van der Waals surface area contributed by atoms with Gasteiger partial charge in [-0.25, -0.2) is 0 Å². The predicted octanol–water partition coefficient (Wildman–Crippen LogP) is 0.462. The van der Waals surface area contributed by atoms with Crippen LogP contribution in [0, 0.1) is 0 Å². The van der Waals surface area contributed by atoms with E-state index in [1.807, 2.05) is 11.8 Å². The molecule has 1 saturated heterocycles. The van der Waals surface area contributed by atoms with Crippen LogP contribution in [0.2, 0.25) is 0 Å². The summed E-state index contributed by atoms with van der Waals surface area (Å²) in [4.78, 5) is 0. The maximum atomic E-state index is 8.54. The molecule has 0 radical (unpaired) electrons. The van der Waals surface area contributed by atoms with Crippen molar-refractivity contribution in [2.24, 2.45) is 0 Å². The zero-order valence-corrected chi connectivity index (χ0v) is 7.16. The normalized spacial score (nSPS) is 33.0. The molecule has 1 aliphatic heterocycles. The fourth-order valence-electron chi connectivity index (χ4n) is 1.25. The summed E-state index contributed by atoms with van der Waals surface area (Å²) in [5.41, 5.74) is 0. The third-order valence-electron chi connectivity index (χ3n) is 1.89.